The number of carbonyl (C=O) groups is 1. The Kier molecular flexibility index (Phi) is 3.27. The second kappa shape index (κ2) is 5.09. The van der Waals surface area contributed by atoms with E-state index in [1.165, 1.54) is 27.8 Å². The zero-order chi connectivity index (χ0) is 14.1. The summed E-state index contributed by atoms with van der Waals surface area (Å²) in [6, 6.07) is 16.9. The number of aryl methyl sites for hydroxylation is 1. The molecule has 2 aromatic carbocycles. The van der Waals surface area contributed by atoms with Crippen LogP contribution in [0.15, 0.2) is 54.1 Å². The Balaban J connectivity index is 2.17. The van der Waals surface area contributed by atoms with Crippen LogP contribution in [0.25, 0.3) is 16.7 Å². The van der Waals surface area contributed by atoms with Crippen LogP contribution < -0.4 is 0 Å². The lowest BCUT2D eigenvalue weighted by molar-refractivity contribution is -0.114. The fourth-order valence-corrected chi connectivity index (χ4v) is 2.93. The number of ketones is 1. The van der Waals surface area contributed by atoms with Crippen molar-refractivity contribution in [1.82, 2.24) is 0 Å². The molecule has 0 aliphatic heterocycles. The van der Waals surface area contributed by atoms with Crippen LogP contribution in [-0.4, -0.2) is 5.78 Å². The molecule has 0 aromatic heterocycles. The van der Waals surface area contributed by atoms with Gasteiger partial charge in [0.2, 0.25) is 0 Å². The predicted octanol–water partition coefficient (Wildman–Crippen LogP) is 4.80. The van der Waals surface area contributed by atoms with E-state index in [0.717, 1.165) is 12.0 Å². The largest absolute Gasteiger partial charge is 0.295 e. The zero-order valence-corrected chi connectivity index (χ0v) is 11.9. The lowest BCUT2D eigenvalue weighted by Gasteiger charge is -2.12. The summed E-state index contributed by atoms with van der Waals surface area (Å²) in [7, 11) is 0. The van der Waals surface area contributed by atoms with Gasteiger partial charge in [0.1, 0.15) is 0 Å². The first-order valence-electron chi connectivity index (χ1n) is 7.06. The van der Waals surface area contributed by atoms with Crippen LogP contribution in [-0.2, 0) is 4.79 Å². The van der Waals surface area contributed by atoms with Gasteiger partial charge in [0.05, 0.1) is 0 Å². The van der Waals surface area contributed by atoms with Crippen molar-refractivity contribution < 1.29 is 4.79 Å². The Hall–Kier alpha value is -2.15. The molecule has 100 valence electrons. The molecule has 0 atom stereocenters. The van der Waals surface area contributed by atoms with E-state index in [1.54, 1.807) is 0 Å². The van der Waals surface area contributed by atoms with Crippen LogP contribution in [0.3, 0.4) is 0 Å². The summed E-state index contributed by atoms with van der Waals surface area (Å²) in [4.78, 5) is 11.8. The zero-order valence-electron chi connectivity index (χ0n) is 11.9. The summed E-state index contributed by atoms with van der Waals surface area (Å²) in [5, 5.41) is 0. The molecule has 0 amide bonds. The van der Waals surface area contributed by atoms with Crippen LogP contribution in [0.5, 0.6) is 0 Å². The fourth-order valence-electron chi connectivity index (χ4n) is 2.93. The van der Waals surface area contributed by atoms with Gasteiger partial charge in [-0.2, -0.15) is 0 Å². The van der Waals surface area contributed by atoms with Gasteiger partial charge in [-0.3, -0.25) is 4.79 Å². The van der Waals surface area contributed by atoms with Gasteiger partial charge in [-0.05, 0) is 48.1 Å². The third kappa shape index (κ3) is 2.20. The molecule has 0 fully saturated rings. The third-order valence-electron chi connectivity index (χ3n) is 4.05. The van der Waals surface area contributed by atoms with Crippen molar-refractivity contribution >= 4 is 11.4 Å². The topological polar surface area (TPSA) is 17.1 Å². The number of allylic oxidation sites excluding steroid dienone is 2. The molecule has 0 spiro atoms. The first kappa shape index (κ1) is 12.9. The Labute approximate surface area is 120 Å². The molecule has 1 heteroatoms. The molecule has 2 aromatic rings. The molecule has 0 heterocycles. The van der Waals surface area contributed by atoms with Crippen LogP contribution in [0.2, 0.25) is 0 Å². The first-order valence-corrected chi connectivity index (χ1v) is 7.06. The number of hydrogen-bond donors (Lipinski definition) is 0. The normalized spacial score (nSPS) is 15.0. The molecular weight excluding hydrogens is 244 g/mol. The number of hydrogen-bond acceptors (Lipinski definition) is 1. The second-order valence-corrected chi connectivity index (χ2v) is 5.44. The van der Waals surface area contributed by atoms with Gasteiger partial charge in [0, 0.05) is 6.42 Å². The van der Waals surface area contributed by atoms with E-state index in [-0.39, 0.29) is 0 Å². The summed E-state index contributed by atoms with van der Waals surface area (Å²) < 4.78 is 0. The average Bonchev–Trinajstić information content (AvgIpc) is 2.79. The summed E-state index contributed by atoms with van der Waals surface area (Å²) in [5.41, 5.74) is 7.06. The van der Waals surface area contributed by atoms with Gasteiger partial charge < -0.3 is 0 Å². The maximum Gasteiger partial charge on any atom is 0.159 e. The SMILES string of the molecule is CC1=C(c2ccccc2-c2cccc(C)c2)CCC1=O. The van der Waals surface area contributed by atoms with Gasteiger partial charge in [-0.15, -0.1) is 0 Å². The molecule has 0 saturated heterocycles. The minimum Gasteiger partial charge on any atom is -0.295 e. The maximum atomic E-state index is 11.8. The van der Waals surface area contributed by atoms with Crippen LogP contribution >= 0.6 is 0 Å². The van der Waals surface area contributed by atoms with E-state index in [0.29, 0.717) is 12.2 Å². The van der Waals surface area contributed by atoms with E-state index in [2.05, 4.69) is 55.5 Å². The van der Waals surface area contributed by atoms with Crippen molar-refractivity contribution in [2.75, 3.05) is 0 Å². The molecule has 1 aliphatic rings. The number of rotatable bonds is 2. The Bertz CT molecular complexity index is 707. The highest BCUT2D eigenvalue weighted by Crippen LogP contribution is 2.37. The average molecular weight is 262 g/mol. The van der Waals surface area contributed by atoms with E-state index < -0.39 is 0 Å². The highest BCUT2D eigenvalue weighted by atomic mass is 16.1. The minimum absolute atomic E-state index is 0.291. The first-order chi connectivity index (χ1) is 9.66. The molecule has 0 N–H and O–H groups in total. The molecular formula is C19H18O. The lowest BCUT2D eigenvalue weighted by atomic mass is 9.92. The molecule has 0 unspecified atom stereocenters. The lowest BCUT2D eigenvalue weighted by Crippen LogP contribution is -1.92. The van der Waals surface area contributed by atoms with Crippen molar-refractivity contribution in [2.24, 2.45) is 0 Å². The third-order valence-corrected chi connectivity index (χ3v) is 4.05. The molecule has 1 aliphatic carbocycles. The van der Waals surface area contributed by atoms with Crippen molar-refractivity contribution in [3.8, 4) is 11.1 Å². The number of benzene rings is 2. The summed E-state index contributed by atoms with van der Waals surface area (Å²) in [5.74, 6) is 0.291. The summed E-state index contributed by atoms with van der Waals surface area (Å²) in [6.07, 6.45) is 1.52. The van der Waals surface area contributed by atoms with E-state index in [4.69, 9.17) is 0 Å². The van der Waals surface area contributed by atoms with Crippen LogP contribution in [0, 0.1) is 6.92 Å². The van der Waals surface area contributed by atoms with Crippen molar-refractivity contribution in [2.45, 2.75) is 26.7 Å². The van der Waals surface area contributed by atoms with Crippen molar-refractivity contribution in [3.05, 3.63) is 65.2 Å². The minimum atomic E-state index is 0.291. The maximum absolute atomic E-state index is 11.8. The smallest absolute Gasteiger partial charge is 0.159 e. The van der Waals surface area contributed by atoms with Crippen LogP contribution in [0.1, 0.15) is 30.9 Å². The quantitative estimate of drug-likeness (QED) is 0.760. The molecule has 20 heavy (non-hydrogen) atoms. The van der Waals surface area contributed by atoms with Gasteiger partial charge >= 0.3 is 0 Å². The summed E-state index contributed by atoms with van der Waals surface area (Å²) >= 11 is 0. The summed E-state index contributed by atoms with van der Waals surface area (Å²) in [6.45, 7) is 4.06. The number of carbonyl (C=O) groups excluding carboxylic acids is 1. The Morgan fingerprint density at radius 2 is 1.60 bits per heavy atom. The van der Waals surface area contributed by atoms with Gasteiger partial charge in [-0.1, -0.05) is 54.1 Å². The highest BCUT2D eigenvalue weighted by Gasteiger charge is 2.22. The van der Waals surface area contributed by atoms with E-state index >= 15 is 0 Å². The van der Waals surface area contributed by atoms with Crippen molar-refractivity contribution in [3.63, 3.8) is 0 Å². The molecule has 3 rings (SSSR count). The highest BCUT2D eigenvalue weighted by molar-refractivity contribution is 6.07. The second-order valence-electron chi connectivity index (χ2n) is 5.44. The van der Waals surface area contributed by atoms with Crippen LogP contribution in [0.4, 0.5) is 0 Å². The Morgan fingerprint density at radius 1 is 0.850 bits per heavy atom. The van der Waals surface area contributed by atoms with Crippen molar-refractivity contribution in [1.29, 1.82) is 0 Å². The standard InChI is InChI=1S/C19H18O/c1-13-6-5-7-15(12-13)17-8-3-4-9-18(17)16-10-11-19(20)14(16)2/h3-9,12H,10-11H2,1-2H3. The predicted molar refractivity (Wildman–Crippen MR) is 83.5 cm³/mol. The van der Waals surface area contributed by atoms with E-state index in [9.17, 15) is 4.79 Å². The molecule has 0 bridgehead atoms. The van der Waals surface area contributed by atoms with Gasteiger partial charge in [-0.25, -0.2) is 0 Å². The Morgan fingerprint density at radius 3 is 2.25 bits per heavy atom. The number of Topliss-reactive ketones (excluding diaryl/α,β-unsaturated/α-hetero) is 1. The molecule has 0 saturated carbocycles. The fraction of sp³-hybridized carbons (Fsp3) is 0.211. The van der Waals surface area contributed by atoms with Gasteiger partial charge in [0.25, 0.3) is 0 Å². The monoisotopic (exact) mass is 262 g/mol. The molecule has 0 radical (unpaired) electrons. The van der Waals surface area contributed by atoms with E-state index in [1.807, 2.05) is 6.92 Å². The molecule has 1 nitrogen and oxygen atoms in total. The van der Waals surface area contributed by atoms with Gasteiger partial charge in [0.15, 0.2) is 5.78 Å².